The fourth-order valence-corrected chi connectivity index (χ4v) is 1.47. The van der Waals surface area contributed by atoms with E-state index in [1.165, 1.54) is 0 Å². The number of nitrogens with zero attached hydrogens (tertiary/aromatic N) is 1. The Kier molecular flexibility index (Phi) is 5.42. The molecule has 1 N–H and O–H groups in total. The largest absolute Gasteiger partial charge is 0.377 e. The van der Waals surface area contributed by atoms with Gasteiger partial charge >= 0.3 is 0 Å². The van der Waals surface area contributed by atoms with Crippen molar-refractivity contribution in [2.75, 3.05) is 13.2 Å². The van der Waals surface area contributed by atoms with Crippen LogP contribution >= 0.6 is 15.9 Å². The first-order chi connectivity index (χ1) is 7.59. The molecule has 0 spiro atoms. The van der Waals surface area contributed by atoms with Gasteiger partial charge in [-0.15, -0.1) is 0 Å². The van der Waals surface area contributed by atoms with E-state index >= 15 is 0 Å². The predicted molar refractivity (Wildman–Crippen MR) is 65.4 cm³/mol. The van der Waals surface area contributed by atoms with Gasteiger partial charge in [-0.1, -0.05) is 0 Å². The lowest BCUT2D eigenvalue weighted by Gasteiger charge is -2.08. The number of hydrogen-bond donors (Lipinski definition) is 1. The smallest absolute Gasteiger partial charge is 0.251 e. The number of pyridine rings is 1. The average molecular weight is 287 g/mol. The normalized spacial score (nSPS) is 10.5. The maximum Gasteiger partial charge on any atom is 0.251 e. The molecule has 1 amide bonds. The van der Waals surface area contributed by atoms with Gasteiger partial charge in [-0.25, -0.2) is 4.98 Å². The lowest BCUT2D eigenvalue weighted by Crippen LogP contribution is -2.28. The van der Waals surface area contributed by atoms with E-state index in [0.717, 1.165) is 0 Å². The van der Waals surface area contributed by atoms with E-state index in [2.05, 4.69) is 26.2 Å². The summed E-state index contributed by atoms with van der Waals surface area (Å²) in [5.74, 6) is -0.115. The third-order valence-electron chi connectivity index (χ3n) is 1.83. The average Bonchev–Trinajstić information content (AvgIpc) is 2.24. The number of aromatic nitrogens is 1. The van der Waals surface area contributed by atoms with Gasteiger partial charge in [0.2, 0.25) is 0 Å². The van der Waals surface area contributed by atoms with Crippen molar-refractivity contribution in [1.82, 2.24) is 10.3 Å². The predicted octanol–water partition coefficient (Wildman–Crippen LogP) is 2.00. The monoisotopic (exact) mass is 286 g/mol. The van der Waals surface area contributed by atoms with Gasteiger partial charge in [-0.05, 0) is 41.9 Å². The van der Waals surface area contributed by atoms with Crippen molar-refractivity contribution in [2.45, 2.75) is 20.0 Å². The number of amides is 1. The van der Waals surface area contributed by atoms with E-state index in [1.807, 2.05) is 13.8 Å². The molecule has 0 saturated heterocycles. The zero-order valence-corrected chi connectivity index (χ0v) is 11.0. The molecule has 5 heteroatoms. The van der Waals surface area contributed by atoms with Crippen LogP contribution in [-0.4, -0.2) is 30.1 Å². The van der Waals surface area contributed by atoms with Crippen LogP contribution in [0, 0.1) is 0 Å². The Labute approximate surface area is 104 Å². The van der Waals surface area contributed by atoms with Crippen LogP contribution in [0.1, 0.15) is 24.2 Å². The van der Waals surface area contributed by atoms with E-state index in [9.17, 15) is 4.79 Å². The lowest BCUT2D eigenvalue weighted by atomic mass is 10.2. The van der Waals surface area contributed by atoms with Crippen molar-refractivity contribution in [2.24, 2.45) is 0 Å². The first-order valence-electron chi connectivity index (χ1n) is 5.11. The highest BCUT2D eigenvalue weighted by Crippen LogP contribution is 2.07. The van der Waals surface area contributed by atoms with Crippen molar-refractivity contribution in [3.63, 3.8) is 0 Å². The summed E-state index contributed by atoms with van der Waals surface area (Å²) in [5.41, 5.74) is 0.589. The summed E-state index contributed by atoms with van der Waals surface area (Å²) in [5, 5.41) is 2.77. The molecule has 0 fully saturated rings. The minimum atomic E-state index is -0.115. The first-order valence-corrected chi connectivity index (χ1v) is 5.90. The van der Waals surface area contributed by atoms with Crippen LogP contribution < -0.4 is 5.32 Å². The molecule has 4 nitrogen and oxygen atoms in total. The molecule has 0 aliphatic heterocycles. The van der Waals surface area contributed by atoms with Crippen molar-refractivity contribution < 1.29 is 9.53 Å². The topological polar surface area (TPSA) is 51.2 Å². The molecular weight excluding hydrogens is 272 g/mol. The number of hydrogen-bond acceptors (Lipinski definition) is 3. The summed E-state index contributed by atoms with van der Waals surface area (Å²) < 4.78 is 5.97. The molecule has 1 aromatic rings. The number of nitrogens with one attached hydrogen (secondary N) is 1. The zero-order chi connectivity index (χ0) is 12.0. The number of carbonyl (C=O) groups excluding carboxylic acids is 1. The summed E-state index contributed by atoms with van der Waals surface area (Å²) in [6.07, 6.45) is 1.77. The third kappa shape index (κ3) is 4.72. The summed E-state index contributed by atoms with van der Waals surface area (Å²) in [6, 6.07) is 3.35. The Hall–Kier alpha value is -0.940. The van der Waals surface area contributed by atoms with Crippen LogP contribution in [0.25, 0.3) is 0 Å². The van der Waals surface area contributed by atoms with E-state index in [0.29, 0.717) is 23.3 Å². The standard InChI is InChI=1S/C11H15BrN2O2/c1-8(2)16-6-5-14-11(15)9-3-4-13-10(12)7-9/h3-4,7-8H,5-6H2,1-2H3,(H,14,15). The van der Waals surface area contributed by atoms with E-state index < -0.39 is 0 Å². The van der Waals surface area contributed by atoms with Crippen LogP contribution in [0.15, 0.2) is 22.9 Å². The Bertz CT molecular complexity index is 356. The van der Waals surface area contributed by atoms with Gasteiger partial charge in [0.1, 0.15) is 4.60 Å². The second-order valence-corrected chi connectivity index (χ2v) is 4.36. The number of halogens is 1. The molecular formula is C11H15BrN2O2. The van der Waals surface area contributed by atoms with Gasteiger partial charge in [0.25, 0.3) is 5.91 Å². The number of rotatable bonds is 5. The Morgan fingerprint density at radius 3 is 3.00 bits per heavy atom. The number of ether oxygens (including phenoxy) is 1. The minimum absolute atomic E-state index is 0.115. The van der Waals surface area contributed by atoms with Crippen LogP contribution in [0.5, 0.6) is 0 Å². The Balaban J connectivity index is 2.35. The fourth-order valence-electron chi connectivity index (χ4n) is 1.10. The van der Waals surface area contributed by atoms with Crippen molar-refractivity contribution in [1.29, 1.82) is 0 Å². The molecule has 0 radical (unpaired) electrons. The summed E-state index contributed by atoms with van der Waals surface area (Å²) >= 11 is 3.22. The number of carbonyl (C=O) groups is 1. The molecule has 0 unspecified atom stereocenters. The maximum atomic E-state index is 11.6. The molecule has 0 aliphatic rings. The molecule has 1 heterocycles. The van der Waals surface area contributed by atoms with Crippen LogP contribution in [0.2, 0.25) is 0 Å². The lowest BCUT2D eigenvalue weighted by molar-refractivity contribution is 0.0746. The summed E-state index contributed by atoms with van der Waals surface area (Å²) in [6.45, 7) is 4.95. The molecule has 1 aromatic heterocycles. The van der Waals surface area contributed by atoms with Crippen molar-refractivity contribution in [3.8, 4) is 0 Å². The van der Waals surface area contributed by atoms with Crippen LogP contribution in [-0.2, 0) is 4.74 Å². The van der Waals surface area contributed by atoms with Gasteiger partial charge in [-0.2, -0.15) is 0 Å². The van der Waals surface area contributed by atoms with E-state index in [-0.39, 0.29) is 12.0 Å². The SMILES string of the molecule is CC(C)OCCNC(=O)c1ccnc(Br)c1. The van der Waals surface area contributed by atoms with Crippen molar-refractivity contribution >= 4 is 21.8 Å². The highest BCUT2D eigenvalue weighted by molar-refractivity contribution is 9.10. The summed E-state index contributed by atoms with van der Waals surface area (Å²) in [4.78, 5) is 15.6. The highest BCUT2D eigenvalue weighted by atomic mass is 79.9. The maximum absolute atomic E-state index is 11.6. The molecule has 0 aliphatic carbocycles. The molecule has 16 heavy (non-hydrogen) atoms. The van der Waals surface area contributed by atoms with Gasteiger partial charge in [0.15, 0.2) is 0 Å². The quantitative estimate of drug-likeness (QED) is 0.665. The minimum Gasteiger partial charge on any atom is -0.377 e. The van der Waals surface area contributed by atoms with Gasteiger partial charge in [-0.3, -0.25) is 4.79 Å². The first kappa shape index (κ1) is 13.1. The van der Waals surface area contributed by atoms with Gasteiger partial charge in [0, 0.05) is 18.3 Å². The molecule has 0 aromatic carbocycles. The molecule has 0 bridgehead atoms. The zero-order valence-electron chi connectivity index (χ0n) is 9.37. The van der Waals surface area contributed by atoms with E-state index in [4.69, 9.17) is 4.74 Å². The van der Waals surface area contributed by atoms with Crippen LogP contribution in [0.3, 0.4) is 0 Å². The Morgan fingerprint density at radius 1 is 1.62 bits per heavy atom. The second kappa shape index (κ2) is 6.60. The molecule has 1 rings (SSSR count). The third-order valence-corrected chi connectivity index (χ3v) is 2.26. The molecule has 0 atom stereocenters. The van der Waals surface area contributed by atoms with Crippen LogP contribution in [0.4, 0.5) is 0 Å². The highest BCUT2D eigenvalue weighted by Gasteiger charge is 2.05. The van der Waals surface area contributed by atoms with Gasteiger partial charge in [0.05, 0.1) is 12.7 Å². The molecule has 0 saturated carbocycles. The second-order valence-electron chi connectivity index (χ2n) is 3.54. The fraction of sp³-hybridized carbons (Fsp3) is 0.455. The Morgan fingerprint density at radius 2 is 2.38 bits per heavy atom. The molecule has 88 valence electrons. The van der Waals surface area contributed by atoms with Gasteiger partial charge < -0.3 is 10.1 Å². The summed E-state index contributed by atoms with van der Waals surface area (Å²) in [7, 11) is 0. The van der Waals surface area contributed by atoms with Crippen molar-refractivity contribution in [3.05, 3.63) is 28.5 Å². The van der Waals surface area contributed by atoms with E-state index in [1.54, 1.807) is 18.3 Å².